The summed E-state index contributed by atoms with van der Waals surface area (Å²) < 4.78 is 11.0. The van der Waals surface area contributed by atoms with E-state index in [2.05, 4.69) is 27.1 Å². The lowest BCUT2D eigenvalue weighted by Gasteiger charge is -2.27. The van der Waals surface area contributed by atoms with Gasteiger partial charge in [-0.1, -0.05) is 0 Å². The number of nitrogens with zero attached hydrogens (tertiary/aromatic N) is 2. The van der Waals surface area contributed by atoms with Crippen LogP contribution in [0.3, 0.4) is 0 Å². The highest BCUT2D eigenvalue weighted by Crippen LogP contribution is 2.24. The van der Waals surface area contributed by atoms with E-state index in [-0.39, 0.29) is 12.0 Å². The van der Waals surface area contributed by atoms with E-state index in [1.165, 1.54) is 10.4 Å². The fourth-order valence-electron chi connectivity index (χ4n) is 3.30. The van der Waals surface area contributed by atoms with Gasteiger partial charge < -0.3 is 25.0 Å². The van der Waals surface area contributed by atoms with Crippen LogP contribution in [0.1, 0.15) is 29.7 Å². The first-order valence-electron chi connectivity index (χ1n) is 9.73. The van der Waals surface area contributed by atoms with Crippen molar-refractivity contribution in [1.82, 2.24) is 15.5 Å². The number of guanidine groups is 1. The van der Waals surface area contributed by atoms with E-state index in [9.17, 15) is 4.79 Å². The normalized spacial score (nSPS) is 19.8. The molecule has 1 saturated heterocycles. The highest BCUT2D eigenvalue weighted by atomic mass is 32.1. The van der Waals surface area contributed by atoms with Gasteiger partial charge in [0, 0.05) is 57.7 Å². The Balaban J connectivity index is 1.26. The first-order valence-corrected chi connectivity index (χ1v) is 10.6. The minimum Gasteiger partial charge on any atom is -0.379 e. The zero-order valence-corrected chi connectivity index (χ0v) is 16.9. The number of thiophene rings is 1. The Bertz CT molecular complexity index is 628. The number of ether oxygens (including phenoxy) is 2. The molecule has 3 rings (SSSR count). The average molecular weight is 395 g/mol. The molecule has 2 aliphatic heterocycles. The van der Waals surface area contributed by atoms with Gasteiger partial charge in [0.1, 0.15) is 0 Å². The molecule has 150 valence electrons. The molecule has 27 heavy (non-hydrogen) atoms. The average Bonchev–Trinajstić information content (AvgIpc) is 3.37. The molecule has 0 radical (unpaired) electrons. The van der Waals surface area contributed by atoms with Gasteiger partial charge in [-0.15, -0.1) is 11.3 Å². The van der Waals surface area contributed by atoms with E-state index >= 15 is 0 Å². The van der Waals surface area contributed by atoms with Gasteiger partial charge in [-0.3, -0.25) is 9.79 Å². The summed E-state index contributed by atoms with van der Waals surface area (Å²) in [6, 6.07) is 2.13. The maximum absolute atomic E-state index is 12.4. The topological polar surface area (TPSA) is 75.2 Å². The summed E-state index contributed by atoms with van der Waals surface area (Å²) >= 11 is 1.79. The number of hydrogen-bond acceptors (Lipinski definition) is 5. The number of amides is 1. The number of nitrogens with one attached hydrogen (secondary N) is 2. The highest BCUT2D eigenvalue weighted by molar-refractivity contribution is 7.10. The predicted molar refractivity (Wildman–Crippen MR) is 107 cm³/mol. The van der Waals surface area contributed by atoms with Crippen LogP contribution >= 0.6 is 11.3 Å². The molecule has 0 aliphatic carbocycles. The Kier molecular flexibility index (Phi) is 7.92. The zero-order chi connectivity index (χ0) is 18.9. The van der Waals surface area contributed by atoms with Crippen LogP contribution in [-0.4, -0.2) is 69.4 Å². The van der Waals surface area contributed by atoms with Gasteiger partial charge in [0.15, 0.2) is 5.96 Å². The van der Waals surface area contributed by atoms with Gasteiger partial charge in [-0.2, -0.15) is 0 Å². The minimum atomic E-state index is 0.196. The molecule has 8 heteroatoms. The molecule has 1 aromatic heterocycles. The van der Waals surface area contributed by atoms with Crippen molar-refractivity contribution in [3.8, 4) is 0 Å². The number of aliphatic imine (C=N–C) groups is 1. The molecule has 1 amide bonds. The van der Waals surface area contributed by atoms with Crippen LogP contribution in [0.25, 0.3) is 0 Å². The molecule has 0 aromatic carbocycles. The van der Waals surface area contributed by atoms with Gasteiger partial charge in [0.25, 0.3) is 0 Å². The van der Waals surface area contributed by atoms with E-state index in [4.69, 9.17) is 9.47 Å². The Labute approximate surface area is 165 Å². The van der Waals surface area contributed by atoms with Crippen LogP contribution in [0.2, 0.25) is 0 Å². The summed E-state index contributed by atoms with van der Waals surface area (Å²) in [5.41, 5.74) is 1.30. The molecule has 1 unspecified atom stereocenters. The van der Waals surface area contributed by atoms with Crippen LogP contribution in [0.15, 0.2) is 16.4 Å². The van der Waals surface area contributed by atoms with E-state index in [0.717, 1.165) is 64.7 Å². The van der Waals surface area contributed by atoms with Crippen molar-refractivity contribution in [3.63, 3.8) is 0 Å². The van der Waals surface area contributed by atoms with Crippen molar-refractivity contribution < 1.29 is 14.3 Å². The summed E-state index contributed by atoms with van der Waals surface area (Å²) in [5, 5.41) is 8.59. The molecule has 0 saturated carbocycles. The van der Waals surface area contributed by atoms with Crippen LogP contribution in [-0.2, 0) is 27.2 Å². The smallest absolute Gasteiger partial charge is 0.224 e. The monoisotopic (exact) mass is 394 g/mol. The van der Waals surface area contributed by atoms with Gasteiger partial charge in [-0.25, -0.2) is 0 Å². The van der Waals surface area contributed by atoms with Crippen LogP contribution in [0.5, 0.6) is 0 Å². The van der Waals surface area contributed by atoms with Crippen LogP contribution in [0.4, 0.5) is 0 Å². The van der Waals surface area contributed by atoms with Crippen molar-refractivity contribution in [2.24, 2.45) is 4.99 Å². The fraction of sp³-hybridized carbons (Fsp3) is 0.684. The van der Waals surface area contributed by atoms with Gasteiger partial charge in [0.05, 0.1) is 12.7 Å². The second kappa shape index (κ2) is 10.6. The quantitative estimate of drug-likeness (QED) is 0.396. The Morgan fingerprint density at radius 1 is 1.44 bits per heavy atom. The van der Waals surface area contributed by atoms with Crippen molar-refractivity contribution in [1.29, 1.82) is 0 Å². The highest BCUT2D eigenvalue weighted by Gasteiger charge is 2.21. The third kappa shape index (κ3) is 6.19. The number of carbonyl (C=O) groups excluding carboxylic acids is 1. The molecule has 7 nitrogen and oxygen atoms in total. The van der Waals surface area contributed by atoms with E-state index < -0.39 is 0 Å². The standard InChI is InChI=1S/C19H30N4O3S/c1-20-19(21-7-2-10-26-16-5-11-25-14-16)22-8-3-18(24)23-9-4-17-15(13-23)6-12-27-17/h6,12,16H,2-5,7-11,13-14H2,1H3,(H2,20,21,22). The second-order valence-electron chi connectivity index (χ2n) is 6.82. The summed E-state index contributed by atoms with van der Waals surface area (Å²) in [7, 11) is 1.74. The van der Waals surface area contributed by atoms with Crippen LogP contribution in [0, 0.1) is 0 Å². The van der Waals surface area contributed by atoms with Crippen molar-refractivity contribution in [2.75, 3.05) is 46.5 Å². The minimum absolute atomic E-state index is 0.196. The van der Waals surface area contributed by atoms with E-state index in [1.54, 1.807) is 18.4 Å². The molecule has 3 heterocycles. The largest absolute Gasteiger partial charge is 0.379 e. The van der Waals surface area contributed by atoms with Crippen molar-refractivity contribution in [3.05, 3.63) is 21.9 Å². The first-order chi connectivity index (χ1) is 13.3. The molecule has 2 aliphatic rings. The van der Waals surface area contributed by atoms with Gasteiger partial charge >= 0.3 is 0 Å². The lowest BCUT2D eigenvalue weighted by Crippen LogP contribution is -2.41. The lowest BCUT2D eigenvalue weighted by molar-refractivity contribution is -0.131. The Hall–Kier alpha value is -1.64. The number of hydrogen-bond donors (Lipinski definition) is 2. The Morgan fingerprint density at radius 3 is 3.15 bits per heavy atom. The summed E-state index contributed by atoms with van der Waals surface area (Å²) in [4.78, 5) is 20.0. The molecule has 0 bridgehead atoms. The molecule has 0 spiro atoms. The maximum Gasteiger partial charge on any atom is 0.224 e. The second-order valence-corrected chi connectivity index (χ2v) is 7.82. The summed E-state index contributed by atoms with van der Waals surface area (Å²) in [6.07, 6.45) is 3.62. The maximum atomic E-state index is 12.4. The van der Waals surface area contributed by atoms with Crippen molar-refractivity contribution >= 4 is 23.2 Å². The number of rotatable bonds is 8. The summed E-state index contributed by atoms with van der Waals surface area (Å²) in [5.74, 6) is 0.924. The Morgan fingerprint density at radius 2 is 2.33 bits per heavy atom. The molecular formula is C19H30N4O3S. The molecule has 1 aromatic rings. The molecule has 1 atom stereocenters. The molecular weight excluding hydrogens is 364 g/mol. The first kappa shape index (κ1) is 20.1. The summed E-state index contributed by atoms with van der Waals surface area (Å²) in [6.45, 7) is 5.19. The fourth-order valence-corrected chi connectivity index (χ4v) is 4.19. The third-order valence-corrected chi connectivity index (χ3v) is 5.89. The van der Waals surface area contributed by atoms with Gasteiger partial charge in [-0.05, 0) is 36.3 Å². The van der Waals surface area contributed by atoms with E-state index in [1.807, 2.05) is 4.90 Å². The lowest BCUT2D eigenvalue weighted by atomic mass is 10.1. The SMILES string of the molecule is CN=C(NCCCOC1CCOC1)NCCC(=O)N1CCc2sccc2C1. The zero-order valence-electron chi connectivity index (χ0n) is 16.0. The third-order valence-electron chi connectivity index (χ3n) is 4.87. The van der Waals surface area contributed by atoms with Crippen LogP contribution < -0.4 is 10.6 Å². The number of carbonyl (C=O) groups is 1. The molecule has 1 fully saturated rings. The van der Waals surface area contributed by atoms with Crippen molar-refractivity contribution in [2.45, 2.75) is 38.3 Å². The van der Waals surface area contributed by atoms with Gasteiger partial charge in [0.2, 0.25) is 5.91 Å². The number of fused-ring (bicyclic) bond motifs is 1. The molecule has 2 N–H and O–H groups in total. The predicted octanol–water partition coefficient (Wildman–Crippen LogP) is 1.38. The van der Waals surface area contributed by atoms with E-state index in [0.29, 0.717) is 13.0 Å².